The first-order valence-electron chi connectivity index (χ1n) is 5.57. The van der Waals surface area contributed by atoms with Gasteiger partial charge < -0.3 is 5.32 Å². The second-order valence-electron chi connectivity index (χ2n) is 4.37. The van der Waals surface area contributed by atoms with E-state index in [1.807, 2.05) is 13.8 Å². The minimum absolute atomic E-state index is 0.0777. The Labute approximate surface area is 95.2 Å². The molecule has 1 fully saturated rings. The van der Waals surface area contributed by atoms with Gasteiger partial charge in [-0.15, -0.1) is 0 Å². The van der Waals surface area contributed by atoms with Gasteiger partial charge in [0.2, 0.25) is 18.2 Å². The molecule has 1 unspecified atom stereocenters. The first-order valence-corrected chi connectivity index (χ1v) is 5.57. The summed E-state index contributed by atoms with van der Waals surface area (Å²) >= 11 is 0. The van der Waals surface area contributed by atoms with Gasteiger partial charge in [0.25, 0.3) is 0 Å². The van der Waals surface area contributed by atoms with Gasteiger partial charge in [0.1, 0.15) is 0 Å². The normalized spacial score (nSPS) is 25.0. The smallest absolute Gasteiger partial charge is 0.235 e. The van der Waals surface area contributed by atoms with Gasteiger partial charge in [-0.25, -0.2) is 0 Å². The van der Waals surface area contributed by atoms with E-state index in [2.05, 4.69) is 5.32 Å². The van der Waals surface area contributed by atoms with Crippen molar-refractivity contribution in [1.82, 2.24) is 10.2 Å². The zero-order valence-electron chi connectivity index (χ0n) is 9.78. The summed E-state index contributed by atoms with van der Waals surface area (Å²) < 4.78 is 0. The van der Waals surface area contributed by atoms with Crippen LogP contribution in [0.1, 0.15) is 33.1 Å². The van der Waals surface area contributed by atoms with E-state index in [9.17, 15) is 14.4 Å². The fraction of sp³-hybridized carbons (Fsp3) is 0.727. The fourth-order valence-corrected chi connectivity index (χ4v) is 1.84. The molecule has 1 aliphatic rings. The highest BCUT2D eigenvalue weighted by Crippen LogP contribution is 2.35. The lowest BCUT2D eigenvalue weighted by Crippen LogP contribution is -2.35. The highest BCUT2D eigenvalue weighted by Gasteiger charge is 2.46. The summed E-state index contributed by atoms with van der Waals surface area (Å²) in [5.41, 5.74) is -0.519. The van der Waals surface area contributed by atoms with Gasteiger partial charge >= 0.3 is 0 Å². The van der Waals surface area contributed by atoms with Crippen LogP contribution in [0.3, 0.4) is 0 Å². The number of carbonyl (C=O) groups excluding carboxylic acids is 3. The zero-order valence-corrected chi connectivity index (χ0v) is 9.78. The lowest BCUT2D eigenvalue weighted by Gasteiger charge is -2.20. The summed E-state index contributed by atoms with van der Waals surface area (Å²) in [5.74, 6) is -0.174. The van der Waals surface area contributed by atoms with E-state index in [1.54, 1.807) is 0 Å². The van der Waals surface area contributed by atoms with Crippen molar-refractivity contribution in [3.05, 3.63) is 0 Å². The number of rotatable bonds is 6. The van der Waals surface area contributed by atoms with Crippen molar-refractivity contribution in [2.45, 2.75) is 33.1 Å². The molecule has 0 bridgehead atoms. The molecule has 0 aliphatic carbocycles. The van der Waals surface area contributed by atoms with E-state index in [0.29, 0.717) is 38.8 Å². The van der Waals surface area contributed by atoms with Crippen LogP contribution in [-0.2, 0) is 14.4 Å². The average Bonchev–Trinajstić information content (AvgIpc) is 2.48. The highest BCUT2D eigenvalue weighted by atomic mass is 16.2. The first kappa shape index (κ1) is 12.7. The van der Waals surface area contributed by atoms with E-state index < -0.39 is 5.41 Å². The van der Waals surface area contributed by atoms with Gasteiger partial charge in [0, 0.05) is 19.5 Å². The molecule has 1 saturated heterocycles. The number of nitrogens with one attached hydrogen (secondary N) is 1. The molecule has 1 atom stereocenters. The van der Waals surface area contributed by atoms with E-state index in [0.717, 1.165) is 0 Å². The van der Waals surface area contributed by atoms with Gasteiger partial charge in [0.15, 0.2) is 0 Å². The molecule has 1 rings (SSSR count). The summed E-state index contributed by atoms with van der Waals surface area (Å²) in [6.07, 6.45) is 2.21. The van der Waals surface area contributed by atoms with Crippen LogP contribution < -0.4 is 5.32 Å². The molecule has 90 valence electrons. The highest BCUT2D eigenvalue weighted by molar-refractivity contribution is 6.05. The monoisotopic (exact) mass is 226 g/mol. The average molecular weight is 226 g/mol. The number of hydrogen-bond acceptors (Lipinski definition) is 3. The Morgan fingerprint density at radius 2 is 2.19 bits per heavy atom. The lowest BCUT2D eigenvalue weighted by atomic mass is 9.86. The fourth-order valence-electron chi connectivity index (χ4n) is 1.84. The molecule has 0 radical (unpaired) electrons. The number of carbonyl (C=O) groups is 3. The summed E-state index contributed by atoms with van der Waals surface area (Å²) in [7, 11) is 0. The third-order valence-electron chi connectivity index (χ3n) is 3.17. The van der Waals surface area contributed by atoms with E-state index >= 15 is 0 Å². The van der Waals surface area contributed by atoms with Crippen molar-refractivity contribution < 1.29 is 14.4 Å². The second kappa shape index (κ2) is 5.09. The van der Waals surface area contributed by atoms with Crippen LogP contribution in [-0.4, -0.2) is 36.2 Å². The first-order chi connectivity index (χ1) is 7.55. The number of amides is 3. The summed E-state index contributed by atoms with van der Waals surface area (Å²) in [6.45, 7) is 4.64. The van der Waals surface area contributed by atoms with E-state index in [4.69, 9.17) is 0 Å². The number of imide groups is 1. The van der Waals surface area contributed by atoms with Gasteiger partial charge in [-0.2, -0.15) is 0 Å². The Hall–Kier alpha value is -1.39. The Balaban J connectivity index is 2.51. The molecule has 16 heavy (non-hydrogen) atoms. The molecular formula is C11H18N2O3. The van der Waals surface area contributed by atoms with Crippen molar-refractivity contribution in [1.29, 1.82) is 0 Å². The largest absolute Gasteiger partial charge is 0.359 e. The molecule has 1 heterocycles. The molecule has 0 aromatic heterocycles. The molecule has 0 aromatic rings. The molecule has 5 nitrogen and oxygen atoms in total. The SMILES string of the molecule is CCC1(C)CC(=O)N(CCCNC=O)C1=O. The van der Waals surface area contributed by atoms with Crippen LogP contribution in [0.15, 0.2) is 0 Å². The van der Waals surface area contributed by atoms with Crippen molar-refractivity contribution in [2.75, 3.05) is 13.1 Å². The summed E-state index contributed by atoms with van der Waals surface area (Å²) in [6, 6.07) is 0. The standard InChI is InChI=1S/C11H18N2O3/c1-3-11(2)7-9(15)13(10(11)16)6-4-5-12-8-14/h8H,3-7H2,1-2H3,(H,12,14). The minimum Gasteiger partial charge on any atom is -0.359 e. The molecule has 5 heteroatoms. The Bertz CT molecular complexity index is 304. The van der Waals surface area contributed by atoms with E-state index in [-0.39, 0.29) is 11.8 Å². The van der Waals surface area contributed by atoms with Crippen LogP contribution in [0.25, 0.3) is 0 Å². The Morgan fingerprint density at radius 3 is 2.69 bits per heavy atom. The van der Waals surface area contributed by atoms with Crippen molar-refractivity contribution in [2.24, 2.45) is 5.41 Å². The Morgan fingerprint density at radius 1 is 1.50 bits per heavy atom. The molecule has 1 N–H and O–H groups in total. The maximum Gasteiger partial charge on any atom is 0.235 e. The Kier molecular flexibility index (Phi) is 4.04. The zero-order chi connectivity index (χ0) is 12.2. The maximum atomic E-state index is 11.9. The van der Waals surface area contributed by atoms with E-state index in [1.165, 1.54) is 4.90 Å². The summed E-state index contributed by atoms with van der Waals surface area (Å²) in [4.78, 5) is 34.9. The molecule has 0 spiro atoms. The van der Waals surface area contributed by atoms with Crippen molar-refractivity contribution in [3.8, 4) is 0 Å². The van der Waals surface area contributed by atoms with Gasteiger partial charge in [-0.3, -0.25) is 19.3 Å². The predicted octanol–water partition coefficient (Wildman–Crippen LogP) is 0.298. The minimum atomic E-state index is -0.519. The van der Waals surface area contributed by atoms with Gasteiger partial charge in [-0.05, 0) is 12.8 Å². The van der Waals surface area contributed by atoms with Crippen LogP contribution in [0.5, 0.6) is 0 Å². The molecule has 1 aliphatic heterocycles. The van der Waals surface area contributed by atoms with Crippen molar-refractivity contribution >= 4 is 18.2 Å². The molecular weight excluding hydrogens is 208 g/mol. The number of hydrogen-bond donors (Lipinski definition) is 1. The summed E-state index contributed by atoms with van der Waals surface area (Å²) in [5, 5.41) is 2.51. The lowest BCUT2D eigenvalue weighted by molar-refractivity contribution is -0.141. The van der Waals surface area contributed by atoms with Crippen LogP contribution in [0.2, 0.25) is 0 Å². The van der Waals surface area contributed by atoms with Crippen LogP contribution >= 0.6 is 0 Å². The predicted molar refractivity (Wildman–Crippen MR) is 58.4 cm³/mol. The van der Waals surface area contributed by atoms with Gasteiger partial charge in [-0.1, -0.05) is 13.8 Å². The maximum absolute atomic E-state index is 11.9. The quantitative estimate of drug-likeness (QED) is 0.402. The third kappa shape index (κ3) is 2.40. The molecule has 3 amide bonds. The van der Waals surface area contributed by atoms with Crippen molar-refractivity contribution in [3.63, 3.8) is 0 Å². The van der Waals surface area contributed by atoms with Crippen LogP contribution in [0.4, 0.5) is 0 Å². The van der Waals surface area contributed by atoms with Crippen LogP contribution in [0, 0.1) is 5.41 Å². The third-order valence-corrected chi connectivity index (χ3v) is 3.17. The molecule has 0 aromatic carbocycles. The topological polar surface area (TPSA) is 66.5 Å². The number of nitrogens with zero attached hydrogens (tertiary/aromatic N) is 1. The second-order valence-corrected chi connectivity index (χ2v) is 4.37. The van der Waals surface area contributed by atoms with Gasteiger partial charge in [0.05, 0.1) is 5.41 Å². The molecule has 0 saturated carbocycles. The number of likely N-dealkylation sites (tertiary alicyclic amines) is 1.